The number of carbonyl (C=O) groups is 1. The van der Waals surface area contributed by atoms with E-state index in [2.05, 4.69) is 25.1 Å². The van der Waals surface area contributed by atoms with Crippen molar-refractivity contribution in [2.24, 2.45) is 5.92 Å². The average Bonchev–Trinajstić information content (AvgIpc) is 3.01. The van der Waals surface area contributed by atoms with E-state index in [-0.39, 0.29) is 34.7 Å². The predicted molar refractivity (Wildman–Crippen MR) is 115 cm³/mol. The molecular formula is C19H21N7O5S. The Labute approximate surface area is 183 Å². The fraction of sp³-hybridized carbons (Fsp3) is 0.263. The molecule has 2 heterocycles. The monoisotopic (exact) mass is 459 g/mol. The number of hydrogen-bond acceptors (Lipinski definition) is 8. The molecule has 0 saturated heterocycles. The lowest BCUT2D eigenvalue weighted by Crippen LogP contribution is -2.25. The SMILES string of the molecule is Cc1nn(CC(C)C(=O)Nc2ccc(S(=O)(=O)Nc3ncccn3)cc2)c(C)c1[N+](=O)[O-]. The van der Waals surface area contributed by atoms with Crippen LogP contribution >= 0.6 is 0 Å². The van der Waals surface area contributed by atoms with Gasteiger partial charge in [0.1, 0.15) is 11.4 Å². The molecule has 0 aliphatic rings. The first-order valence-electron chi connectivity index (χ1n) is 9.47. The Morgan fingerprint density at radius 1 is 1.19 bits per heavy atom. The summed E-state index contributed by atoms with van der Waals surface area (Å²) >= 11 is 0. The van der Waals surface area contributed by atoms with Crippen LogP contribution in [0.3, 0.4) is 0 Å². The Bertz CT molecular complexity index is 1240. The lowest BCUT2D eigenvalue weighted by molar-refractivity contribution is -0.386. The molecule has 2 aromatic heterocycles. The van der Waals surface area contributed by atoms with Crippen LogP contribution in [0.5, 0.6) is 0 Å². The van der Waals surface area contributed by atoms with Gasteiger partial charge in [-0.1, -0.05) is 6.92 Å². The zero-order valence-electron chi connectivity index (χ0n) is 17.5. The average molecular weight is 459 g/mol. The molecule has 0 bridgehead atoms. The molecule has 0 radical (unpaired) electrons. The van der Waals surface area contributed by atoms with Crippen molar-refractivity contribution in [3.63, 3.8) is 0 Å². The fourth-order valence-electron chi connectivity index (χ4n) is 2.99. The summed E-state index contributed by atoms with van der Waals surface area (Å²) in [6.07, 6.45) is 2.82. The molecule has 0 saturated carbocycles. The quantitative estimate of drug-likeness (QED) is 0.383. The zero-order valence-corrected chi connectivity index (χ0v) is 18.3. The molecule has 1 amide bonds. The number of nitro groups is 1. The van der Waals surface area contributed by atoms with E-state index >= 15 is 0 Å². The maximum Gasteiger partial charge on any atom is 0.312 e. The summed E-state index contributed by atoms with van der Waals surface area (Å²) in [5, 5.41) is 18.0. The highest BCUT2D eigenvalue weighted by atomic mass is 32.2. The van der Waals surface area contributed by atoms with Crippen LogP contribution in [0, 0.1) is 29.9 Å². The number of amides is 1. The van der Waals surface area contributed by atoms with Crippen molar-refractivity contribution >= 4 is 33.3 Å². The summed E-state index contributed by atoms with van der Waals surface area (Å²) in [6.45, 7) is 4.94. The van der Waals surface area contributed by atoms with Crippen LogP contribution in [0.15, 0.2) is 47.6 Å². The zero-order chi connectivity index (χ0) is 23.5. The summed E-state index contributed by atoms with van der Waals surface area (Å²) in [4.78, 5) is 30.8. The Kier molecular flexibility index (Phi) is 6.48. The third-order valence-corrected chi connectivity index (χ3v) is 5.99. The van der Waals surface area contributed by atoms with E-state index in [1.165, 1.54) is 41.3 Å². The third kappa shape index (κ3) is 5.06. The van der Waals surface area contributed by atoms with Crippen molar-refractivity contribution in [1.82, 2.24) is 19.7 Å². The van der Waals surface area contributed by atoms with Crippen molar-refractivity contribution < 1.29 is 18.1 Å². The molecule has 1 unspecified atom stereocenters. The smallest absolute Gasteiger partial charge is 0.312 e. The van der Waals surface area contributed by atoms with Crippen molar-refractivity contribution in [3.05, 3.63) is 64.2 Å². The second-order valence-electron chi connectivity index (χ2n) is 7.05. The van der Waals surface area contributed by atoms with Crippen molar-refractivity contribution in [3.8, 4) is 0 Å². The third-order valence-electron chi connectivity index (χ3n) is 4.64. The van der Waals surface area contributed by atoms with Gasteiger partial charge in [0.2, 0.25) is 11.9 Å². The van der Waals surface area contributed by atoms with E-state index in [1.54, 1.807) is 26.8 Å². The summed E-state index contributed by atoms with van der Waals surface area (Å²) in [7, 11) is -3.88. The molecule has 32 heavy (non-hydrogen) atoms. The van der Waals surface area contributed by atoms with Crippen LogP contribution in [0.4, 0.5) is 17.3 Å². The van der Waals surface area contributed by atoms with Gasteiger partial charge in [-0.2, -0.15) is 5.10 Å². The van der Waals surface area contributed by atoms with E-state index < -0.39 is 20.9 Å². The van der Waals surface area contributed by atoms with Gasteiger partial charge in [-0.3, -0.25) is 19.6 Å². The van der Waals surface area contributed by atoms with Gasteiger partial charge in [0.25, 0.3) is 10.0 Å². The number of sulfonamides is 1. The van der Waals surface area contributed by atoms with Gasteiger partial charge in [-0.05, 0) is 44.2 Å². The number of rotatable bonds is 8. The number of nitrogens with one attached hydrogen (secondary N) is 2. The molecule has 0 aliphatic heterocycles. The Hall–Kier alpha value is -3.87. The molecule has 0 spiro atoms. The molecule has 2 N–H and O–H groups in total. The maximum absolute atomic E-state index is 12.5. The van der Waals surface area contributed by atoms with Crippen molar-refractivity contribution in [2.45, 2.75) is 32.2 Å². The number of hydrogen-bond donors (Lipinski definition) is 2. The molecule has 3 rings (SSSR count). The second kappa shape index (κ2) is 9.09. The summed E-state index contributed by atoms with van der Waals surface area (Å²) in [6, 6.07) is 7.16. The minimum atomic E-state index is -3.88. The van der Waals surface area contributed by atoms with Gasteiger partial charge in [0.15, 0.2) is 0 Å². The Morgan fingerprint density at radius 2 is 1.81 bits per heavy atom. The molecule has 1 aromatic carbocycles. The predicted octanol–water partition coefficient (Wildman–Crippen LogP) is 2.27. The molecule has 12 nitrogen and oxygen atoms in total. The first-order chi connectivity index (χ1) is 15.1. The van der Waals surface area contributed by atoms with Gasteiger partial charge in [-0.25, -0.2) is 23.1 Å². The first-order valence-corrected chi connectivity index (χ1v) is 11.0. The maximum atomic E-state index is 12.5. The van der Waals surface area contributed by atoms with Gasteiger partial charge in [-0.15, -0.1) is 0 Å². The number of nitrogens with zero attached hydrogens (tertiary/aromatic N) is 5. The van der Waals surface area contributed by atoms with Gasteiger partial charge in [0, 0.05) is 18.1 Å². The van der Waals surface area contributed by atoms with E-state index in [4.69, 9.17) is 0 Å². The van der Waals surface area contributed by atoms with Crippen molar-refractivity contribution in [1.29, 1.82) is 0 Å². The number of carbonyl (C=O) groups excluding carboxylic acids is 1. The highest BCUT2D eigenvalue weighted by molar-refractivity contribution is 7.92. The van der Waals surface area contributed by atoms with Gasteiger partial charge in [0.05, 0.1) is 22.3 Å². The molecule has 0 aliphatic carbocycles. The van der Waals surface area contributed by atoms with E-state index in [9.17, 15) is 23.3 Å². The summed E-state index contributed by atoms with van der Waals surface area (Å²) in [5.74, 6) is -0.942. The number of anilines is 2. The van der Waals surface area contributed by atoms with E-state index in [0.717, 1.165) is 0 Å². The Morgan fingerprint density at radius 3 is 2.38 bits per heavy atom. The molecule has 13 heteroatoms. The largest absolute Gasteiger partial charge is 0.326 e. The number of benzene rings is 1. The fourth-order valence-corrected chi connectivity index (χ4v) is 3.94. The van der Waals surface area contributed by atoms with Crippen molar-refractivity contribution in [2.75, 3.05) is 10.0 Å². The van der Waals surface area contributed by atoms with Gasteiger partial charge >= 0.3 is 5.69 Å². The standard InChI is InChI=1S/C19H21N7O5S/c1-12(11-25-14(3)17(26(28)29)13(2)23-25)18(27)22-15-5-7-16(8-6-15)32(30,31)24-19-20-9-4-10-21-19/h4-10,12H,11H2,1-3H3,(H,22,27)(H,20,21,24). The topological polar surface area (TPSA) is 162 Å². The van der Waals surface area contributed by atoms with Crippen LogP contribution < -0.4 is 10.0 Å². The minimum Gasteiger partial charge on any atom is -0.326 e. The van der Waals surface area contributed by atoms with Crippen LogP contribution in [-0.4, -0.2) is 39.0 Å². The number of aromatic nitrogens is 4. The van der Waals surface area contributed by atoms with Crippen LogP contribution in [0.1, 0.15) is 18.3 Å². The second-order valence-corrected chi connectivity index (χ2v) is 8.73. The molecular weight excluding hydrogens is 438 g/mol. The van der Waals surface area contributed by atoms with E-state index in [0.29, 0.717) is 11.4 Å². The number of aryl methyl sites for hydroxylation is 1. The Balaban J connectivity index is 1.65. The lowest BCUT2D eigenvalue weighted by Gasteiger charge is -2.13. The lowest BCUT2D eigenvalue weighted by atomic mass is 10.1. The molecule has 1 atom stereocenters. The highest BCUT2D eigenvalue weighted by Crippen LogP contribution is 2.23. The van der Waals surface area contributed by atoms with Crippen LogP contribution in [0.25, 0.3) is 0 Å². The van der Waals surface area contributed by atoms with Crippen LogP contribution in [0.2, 0.25) is 0 Å². The highest BCUT2D eigenvalue weighted by Gasteiger charge is 2.24. The minimum absolute atomic E-state index is 0.0223. The molecule has 168 valence electrons. The first kappa shape index (κ1) is 22.8. The molecule has 3 aromatic rings. The summed E-state index contributed by atoms with van der Waals surface area (Å²) in [5.41, 5.74) is 0.989. The normalized spacial score (nSPS) is 12.2. The van der Waals surface area contributed by atoms with Crippen LogP contribution in [-0.2, 0) is 21.4 Å². The molecule has 0 fully saturated rings. The van der Waals surface area contributed by atoms with E-state index in [1.807, 2.05) is 0 Å². The van der Waals surface area contributed by atoms with Gasteiger partial charge < -0.3 is 5.32 Å². The summed E-state index contributed by atoms with van der Waals surface area (Å²) < 4.78 is 28.5.